The van der Waals surface area contributed by atoms with E-state index >= 15 is 0 Å². The average Bonchev–Trinajstić information content (AvgIpc) is 3.85. The Kier molecular flexibility index (Phi) is 7.57. The SMILES string of the molecule is c1ccc(-c2cc(-c3ccccc3)nc(-c3ccc4oc5c(-c6nc(-c7ccccc7)nc(-c7cccc8c7sc7ccccc78)n6)cccc5c4c3)n2)cc1. The molecule has 0 fully saturated rings. The molecule has 0 atom stereocenters. The lowest BCUT2D eigenvalue weighted by molar-refractivity contribution is 0.669. The molecule has 0 radical (unpaired) electrons. The molecule has 0 spiro atoms. The van der Waals surface area contributed by atoms with Gasteiger partial charge in [-0.2, -0.15) is 0 Å². The molecule has 56 heavy (non-hydrogen) atoms. The molecule has 6 nitrogen and oxygen atoms in total. The molecule has 11 rings (SSSR count). The fraction of sp³-hybridized carbons (Fsp3) is 0. The van der Waals surface area contributed by atoms with Gasteiger partial charge in [-0.25, -0.2) is 24.9 Å². The smallest absolute Gasteiger partial charge is 0.167 e. The predicted octanol–water partition coefficient (Wildman–Crippen LogP) is 12.9. The summed E-state index contributed by atoms with van der Waals surface area (Å²) in [7, 11) is 0. The van der Waals surface area contributed by atoms with Gasteiger partial charge in [0.05, 0.1) is 17.0 Å². The molecule has 0 bridgehead atoms. The van der Waals surface area contributed by atoms with Crippen molar-refractivity contribution in [1.82, 2.24) is 24.9 Å². The first-order valence-electron chi connectivity index (χ1n) is 18.4. The molecule has 0 unspecified atom stereocenters. The van der Waals surface area contributed by atoms with Crippen LogP contribution < -0.4 is 0 Å². The molecule has 4 heterocycles. The second-order valence-corrected chi connectivity index (χ2v) is 14.7. The van der Waals surface area contributed by atoms with Crippen molar-refractivity contribution in [1.29, 1.82) is 0 Å². The Labute approximate surface area is 325 Å². The molecular formula is C49H29N5OS. The summed E-state index contributed by atoms with van der Waals surface area (Å²) in [6.07, 6.45) is 0. The average molecular weight is 736 g/mol. The van der Waals surface area contributed by atoms with Gasteiger partial charge in [0.15, 0.2) is 23.3 Å². The zero-order valence-corrected chi connectivity index (χ0v) is 30.6. The van der Waals surface area contributed by atoms with Gasteiger partial charge in [0, 0.05) is 58.8 Å². The second kappa shape index (κ2) is 13.2. The Bertz CT molecular complexity index is 3190. The van der Waals surface area contributed by atoms with E-state index in [0.717, 1.165) is 65.8 Å². The summed E-state index contributed by atoms with van der Waals surface area (Å²) in [5.41, 5.74) is 8.81. The van der Waals surface area contributed by atoms with Crippen molar-refractivity contribution in [2.45, 2.75) is 0 Å². The quantitative estimate of drug-likeness (QED) is 0.169. The summed E-state index contributed by atoms with van der Waals surface area (Å²) in [5.74, 6) is 2.40. The molecule has 4 aromatic heterocycles. The molecule has 0 aliphatic rings. The van der Waals surface area contributed by atoms with Crippen LogP contribution in [0.5, 0.6) is 0 Å². The highest BCUT2D eigenvalue weighted by molar-refractivity contribution is 7.26. The van der Waals surface area contributed by atoms with Crippen molar-refractivity contribution in [3.63, 3.8) is 0 Å². The summed E-state index contributed by atoms with van der Waals surface area (Å²) in [5, 5.41) is 4.33. The van der Waals surface area contributed by atoms with E-state index in [1.54, 1.807) is 11.3 Å². The summed E-state index contributed by atoms with van der Waals surface area (Å²) in [6.45, 7) is 0. The molecule has 0 N–H and O–H groups in total. The van der Waals surface area contributed by atoms with Gasteiger partial charge in [-0.15, -0.1) is 11.3 Å². The maximum Gasteiger partial charge on any atom is 0.167 e. The number of aromatic nitrogens is 5. The number of benzene rings is 7. The monoisotopic (exact) mass is 735 g/mol. The van der Waals surface area contributed by atoms with Gasteiger partial charge in [-0.05, 0) is 42.5 Å². The largest absolute Gasteiger partial charge is 0.455 e. The van der Waals surface area contributed by atoms with Gasteiger partial charge in [0.2, 0.25) is 0 Å². The van der Waals surface area contributed by atoms with E-state index in [-0.39, 0.29) is 0 Å². The van der Waals surface area contributed by atoms with Crippen LogP contribution in [0.15, 0.2) is 180 Å². The molecule has 0 amide bonds. The zero-order chi connectivity index (χ0) is 37.0. The van der Waals surface area contributed by atoms with Gasteiger partial charge in [-0.3, -0.25) is 0 Å². The van der Waals surface area contributed by atoms with Crippen LogP contribution in [0, 0.1) is 0 Å². The first-order chi connectivity index (χ1) is 27.7. The van der Waals surface area contributed by atoms with E-state index in [1.165, 1.54) is 15.5 Å². The third-order valence-electron chi connectivity index (χ3n) is 10.2. The molecule has 11 aromatic rings. The van der Waals surface area contributed by atoms with Crippen molar-refractivity contribution >= 4 is 53.4 Å². The number of nitrogens with zero attached hydrogens (tertiary/aromatic N) is 5. The number of hydrogen-bond acceptors (Lipinski definition) is 7. The lowest BCUT2D eigenvalue weighted by Gasteiger charge is -2.09. The number of para-hydroxylation sites is 1. The topological polar surface area (TPSA) is 77.6 Å². The van der Waals surface area contributed by atoms with Crippen LogP contribution in [0.3, 0.4) is 0 Å². The summed E-state index contributed by atoms with van der Waals surface area (Å²) in [6, 6.07) is 59.8. The molecular weight excluding hydrogens is 707 g/mol. The molecule has 262 valence electrons. The fourth-order valence-corrected chi connectivity index (χ4v) is 8.67. The van der Waals surface area contributed by atoms with E-state index in [4.69, 9.17) is 29.3 Å². The molecule has 7 aromatic carbocycles. The first kappa shape index (κ1) is 32.1. The molecule has 0 saturated carbocycles. The van der Waals surface area contributed by atoms with Crippen molar-refractivity contribution < 1.29 is 4.42 Å². The van der Waals surface area contributed by atoms with Crippen LogP contribution in [-0.4, -0.2) is 24.9 Å². The third kappa shape index (κ3) is 5.52. The second-order valence-electron chi connectivity index (χ2n) is 13.6. The minimum Gasteiger partial charge on any atom is -0.455 e. The van der Waals surface area contributed by atoms with Crippen molar-refractivity contribution in [2.24, 2.45) is 0 Å². The van der Waals surface area contributed by atoms with Crippen molar-refractivity contribution in [2.75, 3.05) is 0 Å². The van der Waals surface area contributed by atoms with E-state index in [0.29, 0.717) is 28.9 Å². The minimum absolute atomic E-state index is 0.545. The van der Waals surface area contributed by atoms with Crippen LogP contribution in [-0.2, 0) is 0 Å². The normalized spacial score (nSPS) is 11.6. The van der Waals surface area contributed by atoms with Crippen LogP contribution in [0.2, 0.25) is 0 Å². The summed E-state index contributed by atoms with van der Waals surface area (Å²) >= 11 is 1.76. The van der Waals surface area contributed by atoms with E-state index in [2.05, 4.69) is 84.9 Å². The van der Waals surface area contributed by atoms with Crippen LogP contribution in [0.4, 0.5) is 0 Å². The van der Waals surface area contributed by atoms with Crippen LogP contribution >= 0.6 is 11.3 Å². The van der Waals surface area contributed by atoms with Gasteiger partial charge < -0.3 is 4.42 Å². The summed E-state index contributed by atoms with van der Waals surface area (Å²) < 4.78 is 9.05. The molecule has 0 aliphatic heterocycles. The molecule has 0 aliphatic carbocycles. The number of hydrogen-bond donors (Lipinski definition) is 0. The van der Waals surface area contributed by atoms with Gasteiger partial charge in [-0.1, -0.05) is 133 Å². The lowest BCUT2D eigenvalue weighted by atomic mass is 10.0. The van der Waals surface area contributed by atoms with E-state index in [1.807, 2.05) is 91.0 Å². The Balaban J connectivity index is 1.08. The highest BCUT2D eigenvalue weighted by Gasteiger charge is 2.20. The maximum atomic E-state index is 6.68. The lowest BCUT2D eigenvalue weighted by Crippen LogP contribution is -2.00. The Morgan fingerprint density at radius 2 is 0.911 bits per heavy atom. The fourth-order valence-electron chi connectivity index (χ4n) is 7.46. The van der Waals surface area contributed by atoms with Crippen LogP contribution in [0.25, 0.3) is 110 Å². The highest BCUT2D eigenvalue weighted by atomic mass is 32.1. The Morgan fingerprint density at radius 3 is 1.62 bits per heavy atom. The number of furan rings is 1. The number of thiophene rings is 1. The molecule has 0 saturated heterocycles. The van der Waals surface area contributed by atoms with Crippen molar-refractivity contribution in [3.05, 3.63) is 176 Å². The number of fused-ring (bicyclic) bond motifs is 6. The van der Waals surface area contributed by atoms with Gasteiger partial charge >= 0.3 is 0 Å². The number of rotatable bonds is 6. The van der Waals surface area contributed by atoms with Crippen molar-refractivity contribution in [3.8, 4) is 68.1 Å². The first-order valence-corrected chi connectivity index (χ1v) is 19.2. The maximum absolute atomic E-state index is 6.68. The van der Waals surface area contributed by atoms with E-state index < -0.39 is 0 Å². The third-order valence-corrected chi connectivity index (χ3v) is 11.4. The zero-order valence-electron chi connectivity index (χ0n) is 29.8. The predicted molar refractivity (Wildman–Crippen MR) is 228 cm³/mol. The Hall–Kier alpha value is -7.35. The van der Waals surface area contributed by atoms with Gasteiger partial charge in [0.25, 0.3) is 0 Å². The van der Waals surface area contributed by atoms with E-state index in [9.17, 15) is 0 Å². The molecule has 7 heteroatoms. The highest BCUT2D eigenvalue weighted by Crippen LogP contribution is 2.41. The van der Waals surface area contributed by atoms with Crippen LogP contribution in [0.1, 0.15) is 0 Å². The standard InChI is InChI=1S/C49H29N5OS/c1-4-14-30(15-5-1)40-29-41(31-16-6-2-7-17-31)51-47(50-40)33-26-27-42-39(28-33)35-21-12-23-37(44(35)55-42)48-52-46(32-18-8-3-9-19-32)53-49(54-48)38-24-13-22-36-34-20-10-11-25-43(34)56-45(36)38/h1-29H. The van der Waals surface area contributed by atoms with Gasteiger partial charge in [0.1, 0.15) is 11.2 Å². The Morgan fingerprint density at radius 1 is 0.357 bits per heavy atom. The summed E-state index contributed by atoms with van der Waals surface area (Å²) in [4.78, 5) is 25.5. The minimum atomic E-state index is 0.545.